The van der Waals surface area contributed by atoms with E-state index < -0.39 is 0 Å². The van der Waals surface area contributed by atoms with Crippen molar-refractivity contribution >= 4 is 27.5 Å². The fraction of sp³-hybridized carbons (Fsp3) is 0.231. The Hall–Kier alpha value is -1.31. The summed E-state index contributed by atoms with van der Waals surface area (Å²) in [6, 6.07) is 9.75. The van der Waals surface area contributed by atoms with E-state index in [1.807, 2.05) is 38.1 Å². The van der Waals surface area contributed by atoms with Gasteiger partial charge in [-0.2, -0.15) is 10.4 Å². The molecular formula is C13H11BrClN3. The van der Waals surface area contributed by atoms with E-state index >= 15 is 0 Å². The first-order valence-corrected chi connectivity index (χ1v) is 6.66. The summed E-state index contributed by atoms with van der Waals surface area (Å²) in [6.45, 7) is 3.98. The number of hydrogen-bond donors (Lipinski definition) is 0. The van der Waals surface area contributed by atoms with Crippen molar-refractivity contribution in [3.63, 3.8) is 0 Å². The molecule has 92 valence electrons. The molecule has 0 aliphatic rings. The maximum Gasteiger partial charge on any atom is 0.151 e. The SMILES string of the molecule is CC(C)c1nn(-c2ccccc2Br)c(Cl)c1C#N. The van der Waals surface area contributed by atoms with Crippen LogP contribution < -0.4 is 0 Å². The molecule has 0 saturated heterocycles. The minimum atomic E-state index is 0.154. The van der Waals surface area contributed by atoms with Gasteiger partial charge in [-0.05, 0) is 34.0 Å². The number of hydrogen-bond acceptors (Lipinski definition) is 2. The van der Waals surface area contributed by atoms with E-state index in [1.54, 1.807) is 4.68 Å². The lowest BCUT2D eigenvalue weighted by molar-refractivity contribution is 0.766. The highest BCUT2D eigenvalue weighted by atomic mass is 79.9. The molecular weight excluding hydrogens is 314 g/mol. The van der Waals surface area contributed by atoms with Gasteiger partial charge in [-0.25, -0.2) is 4.68 Å². The van der Waals surface area contributed by atoms with Gasteiger partial charge in [0.15, 0.2) is 5.15 Å². The maximum absolute atomic E-state index is 9.18. The van der Waals surface area contributed by atoms with E-state index in [2.05, 4.69) is 27.1 Å². The van der Waals surface area contributed by atoms with Gasteiger partial charge in [0, 0.05) is 4.47 Å². The summed E-state index contributed by atoms with van der Waals surface area (Å²) in [5, 5.41) is 14.0. The van der Waals surface area contributed by atoms with E-state index in [4.69, 9.17) is 11.6 Å². The summed E-state index contributed by atoms with van der Waals surface area (Å²) in [4.78, 5) is 0. The topological polar surface area (TPSA) is 41.6 Å². The second-order valence-electron chi connectivity index (χ2n) is 4.18. The summed E-state index contributed by atoms with van der Waals surface area (Å²) in [6.07, 6.45) is 0. The van der Waals surface area contributed by atoms with Crippen molar-refractivity contribution in [3.05, 3.63) is 45.1 Å². The highest BCUT2D eigenvalue weighted by Gasteiger charge is 2.20. The number of rotatable bonds is 2. The standard InChI is InChI=1S/C13H11BrClN3/c1-8(2)12-9(7-16)13(15)18(17-12)11-6-4-3-5-10(11)14/h3-6,8H,1-2H3. The summed E-state index contributed by atoms with van der Waals surface area (Å²) >= 11 is 9.69. The van der Waals surface area contributed by atoms with Crippen LogP contribution in [0.5, 0.6) is 0 Å². The Morgan fingerprint density at radius 1 is 1.39 bits per heavy atom. The molecule has 3 nitrogen and oxygen atoms in total. The van der Waals surface area contributed by atoms with E-state index in [1.165, 1.54) is 0 Å². The third kappa shape index (κ3) is 2.16. The molecule has 0 bridgehead atoms. The van der Waals surface area contributed by atoms with Crippen molar-refractivity contribution in [3.8, 4) is 11.8 Å². The number of halogens is 2. The van der Waals surface area contributed by atoms with Crippen molar-refractivity contribution in [2.45, 2.75) is 19.8 Å². The van der Waals surface area contributed by atoms with Crippen LogP contribution in [0, 0.1) is 11.3 Å². The third-order valence-corrected chi connectivity index (χ3v) is 3.62. The first-order valence-electron chi connectivity index (χ1n) is 5.49. The van der Waals surface area contributed by atoms with Gasteiger partial charge in [0.1, 0.15) is 11.6 Å². The van der Waals surface area contributed by atoms with Crippen LogP contribution in [-0.2, 0) is 0 Å². The van der Waals surface area contributed by atoms with E-state index in [-0.39, 0.29) is 5.92 Å². The smallest absolute Gasteiger partial charge is 0.151 e. The van der Waals surface area contributed by atoms with Gasteiger partial charge in [0.25, 0.3) is 0 Å². The molecule has 1 aromatic carbocycles. The Morgan fingerprint density at radius 3 is 2.56 bits per heavy atom. The lowest BCUT2D eigenvalue weighted by Crippen LogP contribution is -1.99. The maximum atomic E-state index is 9.18. The zero-order valence-electron chi connectivity index (χ0n) is 9.98. The first-order chi connectivity index (χ1) is 8.56. The molecule has 0 saturated carbocycles. The molecule has 0 fully saturated rings. The second kappa shape index (κ2) is 5.13. The minimum Gasteiger partial charge on any atom is -0.219 e. The average Bonchev–Trinajstić information content (AvgIpc) is 2.67. The highest BCUT2D eigenvalue weighted by molar-refractivity contribution is 9.10. The van der Waals surface area contributed by atoms with Crippen molar-refractivity contribution in [2.24, 2.45) is 0 Å². The van der Waals surface area contributed by atoms with E-state index in [9.17, 15) is 5.26 Å². The highest BCUT2D eigenvalue weighted by Crippen LogP contribution is 2.30. The van der Waals surface area contributed by atoms with Crippen LogP contribution in [0.15, 0.2) is 28.7 Å². The number of aromatic nitrogens is 2. The van der Waals surface area contributed by atoms with Crippen molar-refractivity contribution in [1.82, 2.24) is 9.78 Å². The van der Waals surface area contributed by atoms with Gasteiger partial charge in [-0.15, -0.1) is 0 Å². The second-order valence-corrected chi connectivity index (χ2v) is 5.39. The van der Waals surface area contributed by atoms with Gasteiger partial charge < -0.3 is 0 Å². The van der Waals surface area contributed by atoms with E-state index in [0.717, 1.165) is 15.9 Å². The number of nitrogens with zero attached hydrogens (tertiary/aromatic N) is 3. The molecule has 2 rings (SSSR count). The van der Waals surface area contributed by atoms with Gasteiger partial charge in [-0.3, -0.25) is 0 Å². The molecule has 0 aliphatic heterocycles. The zero-order valence-corrected chi connectivity index (χ0v) is 12.3. The Balaban J connectivity index is 2.68. The quantitative estimate of drug-likeness (QED) is 0.827. The van der Waals surface area contributed by atoms with Crippen molar-refractivity contribution in [1.29, 1.82) is 5.26 Å². The van der Waals surface area contributed by atoms with Gasteiger partial charge >= 0.3 is 0 Å². The van der Waals surface area contributed by atoms with Crippen molar-refractivity contribution in [2.75, 3.05) is 0 Å². The molecule has 0 N–H and O–H groups in total. The fourth-order valence-corrected chi connectivity index (χ4v) is 2.42. The van der Waals surface area contributed by atoms with Crippen LogP contribution in [0.2, 0.25) is 5.15 Å². The molecule has 0 atom stereocenters. The fourth-order valence-electron chi connectivity index (χ4n) is 1.70. The van der Waals surface area contributed by atoms with Crippen LogP contribution in [0.4, 0.5) is 0 Å². The van der Waals surface area contributed by atoms with Crippen LogP contribution in [0.1, 0.15) is 31.0 Å². The monoisotopic (exact) mass is 323 g/mol. The van der Waals surface area contributed by atoms with Crippen LogP contribution in [-0.4, -0.2) is 9.78 Å². The molecule has 0 aliphatic carbocycles. The molecule has 0 radical (unpaired) electrons. The first kappa shape index (κ1) is 13.1. The lowest BCUT2D eigenvalue weighted by Gasteiger charge is -2.05. The Labute approximate surface area is 119 Å². The number of para-hydroxylation sites is 1. The molecule has 1 aromatic heterocycles. The molecule has 0 unspecified atom stereocenters. The molecule has 5 heteroatoms. The molecule has 2 aromatic rings. The summed E-state index contributed by atoms with van der Waals surface area (Å²) in [5.74, 6) is 0.154. The Bertz CT molecular complexity index is 626. The summed E-state index contributed by atoms with van der Waals surface area (Å²) < 4.78 is 2.48. The van der Waals surface area contributed by atoms with Gasteiger partial charge in [-0.1, -0.05) is 37.6 Å². The van der Waals surface area contributed by atoms with Crippen LogP contribution in [0.3, 0.4) is 0 Å². The average molecular weight is 325 g/mol. The molecule has 0 amide bonds. The minimum absolute atomic E-state index is 0.154. The number of nitriles is 1. The molecule has 1 heterocycles. The largest absolute Gasteiger partial charge is 0.219 e. The van der Waals surface area contributed by atoms with Gasteiger partial charge in [0.2, 0.25) is 0 Å². The van der Waals surface area contributed by atoms with Crippen LogP contribution in [0.25, 0.3) is 5.69 Å². The zero-order chi connectivity index (χ0) is 13.3. The summed E-state index contributed by atoms with van der Waals surface area (Å²) in [5.41, 5.74) is 1.99. The number of benzene rings is 1. The van der Waals surface area contributed by atoms with Crippen molar-refractivity contribution < 1.29 is 0 Å². The third-order valence-electron chi connectivity index (χ3n) is 2.60. The normalized spacial score (nSPS) is 10.7. The lowest BCUT2D eigenvalue weighted by atomic mass is 10.1. The predicted molar refractivity (Wildman–Crippen MR) is 75.1 cm³/mol. The Morgan fingerprint density at radius 2 is 2.06 bits per heavy atom. The Kier molecular flexibility index (Phi) is 3.74. The van der Waals surface area contributed by atoms with Crippen LogP contribution >= 0.6 is 27.5 Å². The van der Waals surface area contributed by atoms with Gasteiger partial charge in [0.05, 0.1) is 11.4 Å². The molecule has 18 heavy (non-hydrogen) atoms. The summed E-state index contributed by atoms with van der Waals surface area (Å²) in [7, 11) is 0. The molecule has 0 spiro atoms. The predicted octanol–water partition coefficient (Wildman–Crippen LogP) is 4.28. The van der Waals surface area contributed by atoms with E-state index in [0.29, 0.717) is 10.7 Å².